The molecule has 0 unspecified atom stereocenters. The van der Waals surface area contributed by atoms with Crippen LogP contribution >= 0.6 is 39.1 Å². The van der Waals surface area contributed by atoms with E-state index in [-0.39, 0.29) is 0 Å². The van der Waals surface area contributed by atoms with Crippen molar-refractivity contribution in [3.63, 3.8) is 0 Å². The summed E-state index contributed by atoms with van der Waals surface area (Å²) < 4.78 is -1.74. The molecule has 0 spiro atoms. The van der Waals surface area contributed by atoms with E-state index in [1.807, 2.05) is 0 Å². The summed E-state index contributed by atoms with van der Waals surface area (Å²) in [5.41, 5.74) is 0. The van der Waals surface area contributed by atoms with Gasteiger partial charge >= 0.3 is 0 Å². The Kier molecular flexibility index (Phi) is 1.98. The van der Waals surface area contributed by atoms with Crippen molar-refractivity contribution >= 4 is 39.1 Å². The zero-order valence-corrected chi connectivity index (χ0v) is 5.18. The second-order valence-corrected chi connectivity index (χ2v) is 3.82. The average molecular weight is 180 g/mol. The van der Waals surface area contributed by atoms with Crippen LogP contribution < -0.4 is 0 Å². The van der Waals surface area contributed by atoms with Gasteiger partial charge in [-0.15, -0.1) is 0 Å². The van der Waals surface area contributed by atoms with Gasteiger partial charge in [0.15, 0.2) is 0 Å². The van der Waals surface area contributed by atoms with E-state index < -0.39 is 3.43 Å². The molecule has 0 aromatic carbocycles. The van der Waals surface area contributed by atoms with Crippen LogP contribution in [0.5, 0.6) is 0 Å². The minimum Gasteiger partial charge on any atom is -0.354 e. The van der Waals surface area contributed by atoms with Gasteiger partial charge in [-0.1, -0.05) is 23.2 Å². The summed E-state index contributed by atoms with van der Waals surface area (Å²) in [6.07, 6.45) is 0. The highest BCUT2D eigenvalue weighted by Crippen LogP contribution is 2.22. The van der Waals surface area contributed by atoms with E-state index >= 15 is 0 Å². The first-order valence-corrected chi connectivity index (χ1v) is 2.34. The number of aliphatic hydroxyl groups is 1. The predicted octanol–water partition coefficient (Wildman–Crippen LogP) is 1.46. The van der Waals surface area contributed by atoms with Crippen LogP contribution in [0.4, 0.5) is 0 Å². The maximum Gasteiger partial charge on any atom is 0.273 e. The third-order valence-corrected chi connectivity index (χ3v) is 0. The van der Waals surface area contributed by atoms with E-state index in [4.69, 9.17) is 28.3 Å². The van der Waals surface area contributed by atoms with E-state index in [9.17, 15) is 0 Å². The van der Waals surface area contributed by atoms with Crippen molar-refractivity contribution < 1.29 is 5.11 Å². The predicted molar refractivity (Wildman–Crippen MR) is 25.6 cm³/mol. The number of alkyl halides is 3. The molecule has 0 bridgehead atoms. The van der Waals surface area contributed by atoms with Crippen molar-refractivity contribution in [3.8, 4) is 0 Å². The van der Waals surface area contributed by atoms with Crippen molar-refractivity contribution in [2.45, 2.75) is 3.43 Å². The largest absolute Gasteiger partial charge is 0.354 e. The third kappa shape index (κ3) is 44.0. The highest BCUT2D eigenvalue weighted by molar-refractivity contribution is 9.10. The van der Waals surface area contributed by atoms with Crippen molar-refractivity contribution in [1.82, 2.24) is 0 Å². The van der Waals surface area contributed by atoms with Gasteiger partial charge in [0.25, 0.3) is 3.43 Å². The quantitative estimate of drug-likeness (QED) is 0.559. The van der Waals surface area contributed by atoms with Gasteiger partial charge in [-0.25, -0.2) is 0 Å². The van der Waals surface area contributed by atoms with Crippen molar-refractivity contribution in [3.05, 3.63) is 0 Å². The molecule has 5 heavy (non-hydrogen) atoms. The molecule has 0 aromatic heterocycles. The van der Waals surface area contributed by atoms with E-state index in [1.54, 1.807) is 0 Å². The second kappa shape index (κ2) is 1.65. The molecule has 1 nitrogen and oxygen atoms in total. The third-order valence-electron chi connectivity index (χ3n) is 0. The molecule has 32 valence electrons. The van der Waals surface area contributed by atoms with Gasteiger partial charge in [-0.3, -0.25) is 0 Å². The standard InChI is InChI=1S/CHBrCl2O/c2-1(3,4)5/h5H. The van der Waals surface area contributed by atoms with Crippen molar-refractivity contribution in [1.29, 1.82) is 0 Å². The zero-order chi connectivity index (χ0) is 4.50. The number of rotatable bonds is 0. The number of halogens is 3. The molecule has 0 saturated carbocycles. The summed E-state index contributed by atoms with van der Waals surface area (Å²) in [6.45, 7) is 0. The molecule has 0 heterocycles. The van der Waals surface area contributed by atoms with Crippen LogP contribution in [0.15, 0.2) is 0 Å². The molecule has 0 saturated heterocycles. The Morgan fingerprint density at radius 3 is 1.60 bits per heavy atom. The van der Waals surface area contributed by atoms with E-state index in [0.29, 0.717) is 0 Å². The highest BCUT2D eigenvalue weighted by atomic mass is 79.9. The topological polar surface area (TPSA) is 20.2 Å². The van der Waals surface area contributed by atoms with Gasteiger partial charge in [0.1, 0.15) is 0 Å². The molecule has 0 aliphatic heterocycles. The van der Waals surface area contributed by atoms with Gasteiger partial charge in [0.2, 0.25) is 0 Å². The first-order chi connectivity index (χ1) is 2.00. The lowest BCUT2D eigenvalue weighted by molar-refractivity contribution is 0.310. The Balaban J connectivity index is 3.02. The Bertz CT molecular complexity index is 25.1. The summed E-state index contributed by atoms with van der Waals surface area (Å²) in [4.78, 5) is 0. The molecule has 0 amide bonds. The minimum atomic E-state index is -1.74. The fraction of sp³-hybridized carbons (Fsp3) is 1.00. The minimum absolute atomic E-state index is 1.74. The molecule has 4 heteroatoms. The van der Waals surface area contributed by atoms with Crippen LogP contribution in [0.25, 0.3) is 0 Å². The second-order valence-electron chi connectivity index (χ2n) is 0.468. The lowest BCUT2D eigenvalue weighted by Gasteiger charge is -1.94. The SMILES string of the molecule is OC(Cl)(Cl)Br. The van der Waals surface area contributed by atoms with Crippen LogP contribution in [-0.2, 0) is 0 Å². The van der Waals surface area contributed by atoms with Gasteiger partial charge in [-0.05, 0) is 15.9 Å². The zero-order valence-electron chi connectivity index (χ0n) is 2.08. The molecule has 0 rings (SSSR count). The maximum atomic E-state index is 7.97. The molecule has 1 N–H and O–H groups in total. The number of hydrogen-bond acceptors (Lipinski definition) is 1. The Hall–Kier alpha value is 1.02. The van der Waals surface area contributed by atoms with Crippen LogP contribution in [0.2, 0.25) is 0 Å². The maximum absolute atomic E-state index is 7.97. The Labute approximate surface area is 48.0 Å². The van der Waals surface area contributed by atoms with Gasteiger partial charge < -0.3 is 5.11 Å². The Morgan fingerprint density at radius 1 is 1.60 bits per heavy atom. The lowest BCUT2D eigenvalue weighted by atomic mass is 11.7. The van der Waals surface area contributed by atoms with Gasteiger partial charge in [0, 0.05) is 0 Å². The lowest BCUT2D eigenvalue weighted by Crippen LogP contribution is -1.93. The van der Waals surface area contributed by atoms with Crippen LogP contribution in [0.3, 0.4) is 0 Å². The smallest absolute Gasteiger partial charge is 0.273 e. The van der Waals surface area contributed by atoms with Crippen LogP contribution in [-0.4, -0.2) is 8.54 Å². The molecular weight excluding hydrogens is 179 g/mol. The number of hydrogen-bond donors (Lipinski definition) is 1. The van der Waals surface area contributed by atoms with E-state index in [0.717, 1.165) is 0 Å². The average Bonchev–Trinajstić information content (AvgIpc) is 0.722. The summed E-state index contributed by atoms with van der Waals surface area (Å²) in [5, 5.41) is 7.97. The van der Waals surface area contributed by atoms with E-state index in [1.165, 1.54) is 0 Å². The monoisotopic (exact) mass is 178 g/mol. The molecular formula is CHBrCl2O. The fourth-order valence-electron chi connectivity index (χ4n) is 0. The fourth-order valence-corrected chi connectivity index (χ4v) is 0. The van der Waals surface area contributed by atoms with Gasteiger partial charge in [0.05, 0.1) is 0 Å². The molecule has 0 fully saturated rings. The van der Waals surface area contributed by atoms with Gasteiger partial charge in [-0.2, -0.15) is 0 Å². The van der Waals surface area contributed by atoms with Crippen molar-refractivity contribution in [2.24, 2.45) is 0 Å². The summed E-state index contributed by atoms with van der Waals surface area (Å²) in [5.74, 6) is 0. The molecule has 0 aliphatic carbocycles. The van der Waals surface area contributed by atoms with Crippen molar-refractivity contribution in [2.75, 3.05) is 0 Å². The summed E-state index contributed by atoms with van der Waals surface area (Å²) in [6, 6.07) is 0. The molecule has 0 atom stereocenters. The summed E-state index contributed by atoms with van der Waals surface area (Å²) in [7, 11) is 0. The normalized spacial score (nSPS) is 12.0. The summed E-state index contributed by atoms with van der Waals surface area (Å²) >= 11 is 12.0. The molecule has 0 aromatic rings. The van der Waals surface area contributed by atoms with Crippen LogP contribution in [0, 0.1) is 0 Å². The van der Waals surface area contributed by atoms with E-state index in [2.05, 4.69) is 15.9 Å². The first kappa shape index (κ1) is 6.02. The molecule has 0 aliphatic rings. The highest BCUT2D eigenvalue weighted by Gasteiger charge is 2.09. The first-order valence-electron chi connectivity index (χ1n) is 0.791. The molecule has 0 radical (unpaired) electrons. The Morgan fingerprint density at radius 2 is 1.60 bits per heavy atom. The van der Waals surface area contributed by atoms with Crippen LogP contribution in [0.1, 0.15) is 0 Å².